The van der Waals surface area contributed by atoms with Crippen LogP contribution in [0.25, 0.3) is 28.2 Å². The summed E-state index contributed by atoms with van der Waals surface area (Å²) in [5, 5.41) is 5.06. The number of aryl methyl sites for hydroxylation is 2. The SMILES string of the molecule is Cc1nc(-c2ccc3c(C)cn(-c4ccccc4)c3n2)no1. The largest absolute Gasteiger partial charge is 0.339 e. The number of para-hydroxylation sites is 1. The fraction of sp³-hybridized carbons (Fsp3) is 0.118. The van der Waals surface area contributed by atoms with Crippen LogP contribution in [0.15, 0.2) is 53.2 Å². The molecule has 0 aliphatic carbocycles. The summed E-state index contributed by atoms with van der Waals surface area (Å²) in [6.45, 7) is 3.85. The number of pyridine rings is 1. The number of fused-ring (bicyclic) bond motifs is 1. The Morgan fingerprint density at radius 1 is 0.955 bits per heavy atom. The maximum Gasteiger partial charge on any atom is 0.223 e. The number of aromatic nitrogens is 4. The highest BCUT2D eigenvalue weighted by atomic mass is 16.5. The Hall–Kier alpha value is -2.95. The van der Waals surface area contributed by atoms with Gasteiger partial charge in [-0.25, -0.2) is 4.98 Å². The van der Waals surface area contributed by atoms with Crippen LogP contribution in [0.2, 0.25) is 0 Å². The molecule has 4 rings (SSSR count). The summed E-state index contributed by atoms with van der Waals surface area (Å²) < 4.78 is 7.13. The lowest BCUT2D eigenvalue weighted by atomic mass is 10.2. The zero-order chi connectivity index (χ0) is 15.1. The van der Waals surface area contributed by atoms with Crippen molar-refractivity contribution in [3.05, 3.63) is 60.1 Å². The first-order valence-electron chi connectivity index (χ1n) is 7.07. The molecule has 4 aromatic rings. The van der Waals surface area contributed by atoms with E-state index < -0.39 is 0 Å². The van der Waals surface area contributed by atoms with Gasteiger partial charge in [-0.3, -0.25) is 0 Å². The number of nitrogens with zero attached hydrogens (tertiary/aromatic N) is 4. The highest BCUT2D eigenvalue weighted by Gasteiger charge is 2.13. The van der Waals surface area contributed by atoms with Crippen LogP contribution >= 0.6 is 0 Å². The first-order chi connectivity index (χ1) is 10.7. The molecule has 0 aliphatic heterocycles. The second-order valence-corrected chi connectivity index (χ2v) is 5.22. The van der Waals surface area contributed by atoms with E-state index >= 15 is 0 Å². The van der Waals surface area contributed by atoms with E-state index in [2.05, 4.69) is 46.0 Å². The molecule has 0 radical (unpaired) electrons. The fourth-order valence-electron chi connectivity index (χ4n) is 2.58. The minimum absolute atomic E-state index is 0.512. The molecule has 3 aromatic heterocycles. The van der Waals surface area contributed by atoms with Gasteiger partial charge < -0.3 is 9.09 Å². The van der Waals surface area contributed by atoms with Gasteiger partial charge in [-0.15, -0.1) is 0 Å². The normalized spacial score (nSPS) is 11.2. The van der Waals surface area contributed by atoms with Crippen molar-refractivity contribution in [2.24, 2.45) is 0 Å². The summed E-state index contributed by atoms with van der Waals surface area (Å²) in [5.41, 5.74) is 3.86. The number of hydrogen-bond acceptors (Lipinski definition) is 4. The van der Waals surface area contributed by atoms with Crippen molar-refractivity contribution in [1.82, 2.24) is 19.7 Å². The van der Waals surface area contributed by atoms with Crippen molar-refractivity contribution < 1.29 is 4.52 Å². The molecule has 3 heterocycles. The van der Waals surface area contributed by atoms with Crippen LogP contribution < -0.4 is 0 Å². The van der Waals surface area contributed by atoms with Gasteiger partial charge in [0.1, 0.15) is 11.3 Å². The molecule has 22 heavy (non-hydrogen) atoms. The first-order valence-corrected chi connectivity index (χ1v) is 7.07. The smallest absolute Gasteiger partial charge is 0.223 e. The quantitative estimate of drug-likeness (QED) is 0.565. The van der Waals surface area contributed by atoms with Gasteiger partial charge >= 0.3 is 0 Å². The van der Waals surface area contributed by atoms with E-state index in [0.717, 1.165) is 16.7 Å². The first kappa shape index (κ1) is 12.8. The van der Waals surface area contributed by atoms with Crippen molar-refractivity contribution in [2.75, 3.05) is 0 Å². The minimum Gasteiger partial charge on any atom is -0.339 e. The van der Waals surface area contributed by atoms with Crippen molar-refractivity contribution in [2.45, 2.75) is 13.8 Å². The number of rotatable bonds is 2. The van der Waals surface area contributed by atoms with E-state index in [4.69, 9.17) is 9.51 Å². The highest BCUT2D eigenvalue weighted by Crippen LogP contribution is 2.25. The van der Waals surface area contributed by atoms with Crippen molar-refractivity contribution in [3.63, 3.8) is 0 Å². The van der Waals surface area contributed by atoms with Crippen molar-refractivity contribution >= 4 is 11.0 Å². The van der Waals surface area contributed by atoms with Gasteiger partial charge in [-0.2, -0.15) is 4.98 Å². The van der Waals surface area contributed by atoms with Crippen LogP contribution in [0, 0.1) is 13.8 Å². The summed E-state index contributed by atoms with van der Waals surface area (Å²) >= 11 is 0. The third-order valence-electron chi connectivity index (χ3n) is 3.64. The minimum atomic E-state index is 0.512. The van der Waals surface area contributed by atoms with Crippen LogP contribution in [-0.4, -0.2) is 19.7 Å². The molecule has 0 saturated carbocycles. The summed E-state index contributed by atoms with van der Waals surface area (Å²) in [6.07, 6.45) is 2.10. The van der Waals surface area contributed by atoms with Crippen LogP contribution in [0.4, 0.5) is 0 Å². The average molecular weight is 290 g/mol. The van der Waals surface area contributed by atoms with Crippen molar-refractivity contribution in [3.8, 4) is 17.2 Å². The Balaban J connectivity index is 1.95. The lowest BCUT2D eigenvalue weighted by molar-refractivity contribution is 0.394. The topological polar surface area (TPSA) is 56.7 Å². The van der Waals surface area contributed by atoms with Crippen LogP contribution in [0.1, 0.15) is 11.5 Å². The maximum absolute atomic E-state index is 5.04. The Labute approximate surface area is 127 Å². The molecular formula is C17H14N4O. The molecule has 0 unspecified atom stereocenters. The fourth-order valence-corrected chi connectivity index (χ4v) is 2.58. The van der Waals surface area contributed by atoms with E-state index in [9.17, 15) is 0 Å². The molecule has 0 saturated heterocycles. The Kier molecular flexibility index (Phi) is 2.79. The van der Waals surface area contributed by atoms with E-state index in [1.165, 1.54) is 5.56 Å². The Morgan fingerprint density at radius 2 is 1.77 bits per heavy atom. The maximum atomic E-state index is 5.04. The number of hydrogen-bond donors (Lipinski definition) is 0. The lowest BCUT2D eigenvalue weighted by Crippen LogP contribution is -1.95. The number of benzene rings is 1. The molecule has 0 amide bonds. The summed E-state index contributed by atoms with van der Waals surface area (Å²) in [6, 6.07) is 14.1. The van der Waals surface area contributed by atoms with E-state index in [1.807, 2.05) is 24.3 Å². The summed E-state index contributed by atoms with van der Waals surface area (Å²) in [7, 11) is 0. The van der Waals surface area contributed by atoms with Gasteiger partial charge in [0.05, 0.1) is 0 Å². The van der Waals surface area contributed by atoms with E-state index in [0.29, 0.717) is 17.4 Å². The molecule has 5 heteroatoms. The van der Waals surface area contributed by atoms with E-state index in [1.54, 1.807) is 6.92 Å². The van der Waals surface area contributed by atoms with Crippen LogP contribution in [0.5, 0.6) is 0 Å². The van der Waals surface area contributed by atoms with Gasteiger partial charge in [-0.1, -0.05) is 23.4 Å². The molecule has 0 N–H and O–H groups in total. The zero-order valence-corrected chi connectivity index (χ0v) is 12.3. The van der Waals surface area contributed by atoms with Crippen molar-refractivity contribution in [1.29, 1.82) is 0 Å². The van der Waals surface area contributed by atoms with Crippen LogP contribution in [0.3, 0.4) is 0 Å². The highest BCUT2D eigenvalue weighted by molar-refractivity contribution is 5.83. The zero-order valence-electron chi connectivity index (χ0n) is 12.3. The van der Waals surface area contributed by atoms with E-state index in [-0.39, 0.29) is 0 Å². The standard InChI is InChI=1S/C17H14N4O/c1-11-10-21(13-6-4-3-5-7-13)17-14(11)8-9-15(19-17)16-18-12(2)22-20-16/h3-10H,1-2H3. The molecular weight excluding hydrogens is 276 g/mol. The Bertz CT molecular complexity index is 953. The second kappa shape index (κ2) is 4.80. The predicted molar refractivity (Wildman–Crippen MR) is 83.8 cm³/mol. The Morgan fingerprint density at radius 3 is 2.50 bits per heavy atom. The summed E-state index contributed by atoms with van der Waals surface area (Å²) in [5.74, 6) is 1.05. The third-order valence-corrected chi connectivity index (χ3v) is 3.64. The second-order valence-electron chi connectivity index (χ2n) is 5.22. The van der Waals surface area contributed by atoms with Crippen LogP contribution in [-0.2, 0) is 0 Å². The molecule has 0 spiro atoms. The molecule has 5 nitrogen and oxygen atoms in total. The molecule has 0 aliphatic rings. The third kappa shape index (κ3) is 1.98. The van der Waals surface area contributed by atoms with Gasteiger partial charge in [-0.05, 0) is 36.8 Å². The predicted octanol–water partition coefficient (Wildman–Crippen LogP) is 3.69. The molecule has 108 valence electrons. The molecule has 1 aromatic carbocycles. The average Bonchev–Trinajstić information content (AvgIpc) is 3.12. The lowest BCUT2D eigenvalue weighted by Gasteiger charge is -2.04. The monoisotopic (exact) mass is 290 g/mol. The molecule has 0 atom stereocenters. The van der Waals surface area contributed by atoms with Gasteiger partial charge in [0.2, 0.25) is 11.7 Å². The van der Waals surface area contributed by atoms with Gasteiger partial charge in [0.25, 0.3) is 0 Å². The summed E-state index contributed by atoms with van der Waals surface area (Å²) in [4.78, 5) is 8.98. The van der Waals surface area contributed by atoms with Gasteiger partial charge in [0.15, 0.2) is 0 Å². The molecule has 0 fully saturated rings. The van der Waals surface area contributed by atoms with Gasteiger partial charge in [0, 0.05) is 24.2 Å². The molecule has 0 bridgehead atoms.